The van der Waals surface area contributed by atoms with E-state index in [2.05, 4.69) is 59.5 Å². The van der Waals surface area contributed by atoms with Gasteiger partial charge in [-0.1, -0.05) is 135 Å². The van der Waals surface area contributed by atoms with E-state index in [0.717, 1.165) is 80.2 Å². The fraction of sp³-hybridized carbons (Fsp3) is 0.804. The van der Waals surface area contributed by atoms with Crippen molar-refractivity contribution in [3.63, 3.8) is 0 Å². The quantitative estimate of drug-likeness (QED) is 0.105. The minimum absolute atomic E-state index is 0.181. The number of allylic oxidation sites excluding steroid dienone is 2. The number of unbranched alkanes of at least 4 members (excludes halogenated alkanes) is 4. The number of aromatic hydroxyl groups is 1. The molecule has 0 amide bonds. The summed E-state index contributed by atoms with van der Waals surface area (Å²) in [7, 11) is 0. The number of aryl methyl sites for hydroxylation is 1. The van der Waals surface area contributed by atoms with Crippen molar-refractivity contribution in [3.05, 3.63) is 46.9 Å². The summed E-state index contributed by atoms with van der Waals surface area (Å²) in [5.41, 5.74) is 1.65. The van der Waals surface area contributed by atoms with Gasteiger partial charge < -0.3 is 19.7 Å². The maximum absolute atomic E-state index is 13.7. The van der Waals surface area contributed by atoms with Crippen LogP contribution < -0.4 is 4.74 Å². The van der Waals surface area contributed by atoms with Crippen molar-refractivity contribution < 1.29 is 28.5 Å². The molecule has 0 spiro atoms. The molecular weight excluding hydrogens is 833 g/mol. The van der Waals surface area contributed by atoms with Crippen LogP contribution in [0.2, 0.25) is 4.94 Å². The number of alkyl halides is 2. The van der Waals surface area contributed by atoms with Crippen molar-refractivity contribution in [2.45, 2.75) is 256 Å². The summed E-state index contributed by atoms with van der Waals surface area (Å²) in [6, 6.07) is 3.99. The van der Waals surface area contributed by atoms with Crippen LogP contribution in [0.4, 0.5) is 8.78 Å². The number of aliphatic hydroxyl groups is 1. The zero-order valence-corrected chi connectivity index (χ0v) is 45.0. The molecule has 0 fully saturated rings. The van der Waals surface area contributed by atoms with Crippen molar-refractivity contribution in [1.29, 1.82) is 0 Å². The van der Waals surface area contributed by atoms with E-state index >= 15 is 0 Å². The van der Waals surface area contributed by atoms with E-state index < -0.39 is 5.67 Å². The summed E-state index contributed by atoms with van der Waals surface area (Å²) in [4.78, 5) is 2.09. The van der Waals surface area contributed by atoms with Gasteiger partial charge in [-0.25, -0.2) is 4.39 Å². The van der Waals surface area contributed by atoms with E-state index in [0.29, 0.717) is 30.3 Å². The molecule has 347 valence electrons. The molecule has 58 heavy (non-hydrogen) atoms. The fourth-order valence-electron chi connectivity index (χ4n) is 5.57. The molecule has 0 saturated heterocycles. The number of rotatable bonds is 15. The first kappa shape index (κ1) is 68.3. The Morgan fingerprint density at radius 1 is 0.897 bits per heavy atom. The van der Waals surface area contributed by atoms with E-state index in [-0.39, 0.29) is 18.4 Å². The molecule has 3 atom stereocenters. The molecule has 1 unspecified atom stereocenters. The molecule has 2 heterocycles. The van der Waals surface area contributed by atoms with Gasteiger partial charge in [0.15, 0.2) is 0 Å². The van der Waals surface area contributed by atoms with Crippen molar-refractivity contribution in [3.8, 4) is 11.5 Å². The number of hydrogen-bond donors (Lipinski definition) is 2. The average molecular weight is 935 g/mol. The van der Waals surface area contributed by atoms with E-state index in [4.69, 9.17) is 9.47 Å². The number of aliphatic hydroxyl groups excluding tert-OH is 1. The van der Waals surface area contributed by atoms with Crippen LogP contribution in [0.5, 0.6) is 11.5 Å². The molecule has 0 aromatic heterocycles. The molecule has 0 saturated carbocycles. The molecule has 4 nitrogen and oxygen atoms in total. The van der Waals surface area contributed by atoms with Gasteiger partial charge in [0.05, 0.1) is 19.0 Å². The van der Waals surface area contributed by atoms with Crippen LogP contribution in [0.3, 0.4) is 0 Å². The number of hydrogen-bond acceptors (Lipinski definition) is 4. The Labute approximate surface area is 376 Å². The number of halogens is 2. The van der Waals surface area contributed by atoms with Gasteiger partial charge in [-0.05, 0) is 128 Å². The third-order valence-corrected chi connectivity index (χ3v) is 8.54. The molecular formula is C51H101F2O4Sn. The van der Waals surface area contributed by atoms with Crippen LogP contribution in [-0.2, 0) is 17.6 Å². The molecule has 7 heteroatoms. The Morgan fingerprint density at radius 2 is 1.41 bits per heavy atom. The van der Waals surface area contributed by atoms with Gasteiger partial charge in [-0.3, -0.25) is 4.39 Å². The van der Waals surface area contributed by atoms with Gasteiger partial charge >= 0.3 is 27.5 Å². The number of phenols is 1. The van der Waals surface area contributed by atoms with E-state index in [1.807, 2.05) is 67.5 Å². The number of fused-ring (bicyclic) bond motifs is 1. The van der Waals surface area contributed by atoms with Crippen molar-refractivity contribution in [2.75, 3.05) is 6.67 Å². The molecule has 0 bridgehead atoms. The molecule has 2 aliphatic heterocycles. The van der Waals surface area contributed by atoms with Crippen molar-refractivity contribution in [2.24, 2.45) is 5.92 Å². The van der Waals surface area contributed by atoms with Gasteiger partial charge in [0.2, 0.25) is 0 Å². The van der Waals surface area contributed by atoms with Crippen LogP contribution in [0.25, 0.3) is 0 Å². The zero-order valence-electron chi connectivity index (χ0n) is 42.2. The standard InChI is InChI=1S/C21H33FO2.C15H26O2.C3H7F.C3H8.4C2H6.CH3.Sn/c1-5-6-7-9-16-14-18(23)17-10-13-21(4,24-19(17)15-16)12-8-11-20(2,3)22;1-4-5-6-7-12(2)10-15(16)14-9-8-13(3)17-11-14;1-2-3-4;1-3-2;4*1-2;;/h14-15,23H,5-13H2,1-4H3;10-13,16H,4-9H2,1-3H3;2-3H2,1H3;3H2,1-2H3;4*1-2H3;1H3;/b;15-10+;;;;;;;;/t21-;12?,13-;;;;;;;;/m00......../s1. The Balaban J connectivity index is -0.000000173. The Kier molecular flexibility index (Phi) is 56.8. The Bertz CT molecular complexity index is 1040. The molecule has 0 aliphatic carbocycles. The summed E-state index contributed by atoms with van der Waals surface area (Å²) in [6.45, 7) is 35.9. The summed E-state index contributed by atoms with van der Waals surface area (Å²) in [5.74, 6) is 2.06. The molecule has 1 aromatic carbocycles. The molecule has 2 N–H and O–H groups in total. The second kappa shape index (κ2) is 48.2. The van der Waals surface area contributed by atoms with Crippen LogP contribution in [0.15, 0.2) is 35.8 Å². The second-order valence-corrected chi connectivity index (χ2v) is 14.7. The molecule has 3 radical (unpaired) electrons. The van der Waals surface area contributed by atoms with Crippen LogP contribution in [0, 0.1) is 5.92 Å². The fourth-order valence-corrected chi connectivity index (χ4v) is 5.57. The van der Waals surface area contributed by atoms with Crippen LogP contribution in [-0.4, -0.2) is 56.8 Å². The normalized spacial score (nSPS) is 16.6. The first-order chi connectivity index (χ1) is 27.7. The summed E-state index contributed by atoms with van der Waals surface area (Å²) in [5, 5.41) is 20.3. The molecule has 2 aliphatic rings. The number of phenolic OH excluding ortho intramolecular Hbond substituents is 1. The second-order valence-electron chi connectivity index (χ2n) is 14.7. The van der Waals surface area contributed by atoms with Crippen LogP contribution >= 0.6 is 0 Å². The summed E-state index contributed by atoms with van der Waals surface area (Å²) < 4.78 is 36.1. The SMILES string of the molecule is CC.CC.CC.CC.CCC.CCCCCC(C)/C=C(/O)C1=CO[C@@H](C)CC1.CCCCCc1cc(O)c2c(c1)O[C@@](C)(CCCC(C)(C)F)CC2.CCCF.[CH3][Sn]. The average Bonchev–Trinajstić information content (AvgIpc) is 3.22. The minimum atomic E-state index is -1.12. The van der Waals surface area contributed by atoms with Gasteiger partial charge in [0.25, 0.3) is 0 Å². The first-order valence-electron chi connectivity index (χ1n) is 23.7. The third-order valence-electron chi connectivity index (χ3n) is 8.54. The molecule has 3 rings (SSSR count). The van der Waals surface area contributed by atoms with Crippen molar-refractivity contribution >= 4 is 22.5 Å². The Morgan fingerprint density at radius 3 is 1.86 bits per heavy atom. The Hall–Kier alpha value is -1.44. The van der Waals surface area contributed by atoms with Crippen molar-refractivity contribution in [1.82, 2.24) is 0 Å². The first-order valence-corrected chi connectivity index (χ1v) is 26.6. The zero-order chi connectivity index (χ0) is 46.6. The number of benzene rings is 1. The number of ether oxygens (including phenoxy) is 2. The monoisotopic (exact) mass is 936 g/mol. The predicted molar refractivity (Wildman–Crippen MR) is 259 cm³/mol. The van der Waals surface area contributed by atoms with E-state index in [9.17, 15) is 19.0 Å². The van der Waals surface area contributed by atoms with Crippen LogP contribution in [0.1, 0.15) is 232 Å². The summed E-state index contributed by atoms with van der Waals surface area (Å²) >= 11 is 1.55. The van der Waals surface area contributed by atoms with Gasteiger partial charge in [0.1, 0.15) is 28.5 Å². The topological polar surface area (TPSA) is 58.9 Å². The van der Waals surface area contributed by atoms with E-state index in [1.165, 1.54) is 38.5 Å². The van der Waals surface area contributed by atoms with Gasteiger partial charge in [-0.2, -0.15) is 0 Å². The predicted octanol–water partition coefficient (Wildman–Crippen LogP) is 17.9. The van der Waals surface area contributed by atoms with E-state index in [1.54, 1.807) is 49.6 Å². The van der Waals surface area contributed by atoms with Gasteiger partial charge in [-0.15, -0.1) is 0 Å². The third kappa shape index (κ3) is 40.0. The van der Waals surface area contributed by atoms with Gasteiger partial charge in [0, 0.05) is 11.1 Å². The molecule has 1 aromatic rings. The maximum atomic E-state index is 13.7. The summed E-state index contributed by atoms with van der Waals surface area (Å²) in [6.07, 6.45) is 21.2.